The summed E-state index contributed by atoms with van der Waals surface area (Å²) in [6.07, 6.45) is -7.08. The molecule has 7 aliphatic rings. The van der Waals surface area contributed by atoms with Crippen molar-refractivity contribution in [2.45, 2.75) is 160 Å². The molecule has 13 nitrogen and oxygen atoms in total. The lowest BCUT2D eigenvalue weighted by Crippen LogP contribution is -2.68. The van der Waals surface area contributed by atoms with Crippen molar-refractivity contribution in [1.82, 2.24) is 0 Å². The van der Waals surface area contributed by atoms with E-state index < -0.39 is 90.9 Å². The van der Waals surface area contributed by atoms with Gasteiger partial charge in [0.25, 0.3) is 0 Å². The number of rotatable bonds is 6. The molecule has 0 aromatic heterocycles. The van der Waals surface area contributed by atoms with E-state index in [2.05, 4.69) is 54.2 Å². The molecule has 6 fully saturated rings. The second-order valence-electron chi connectivity index (χ2n) is 19.4. The van der Waals surface area contributed by atoms with Gasteiger partial charge < -0.3 is 59.8 Å². The monoisotopic (exact) mass is 764 g/mol. The van der Waals surface area contributed by atoms with Gasteiger partial charge in [0.2, 0.25) is 0 Å². The summed E-state index contributed by atoms with van der Waals surface area (Å²) < 4.78 is 23.6. The third kappa shape index (κ3) is 5.69. The lowest BCUT2D eigenvalue weighted by Gasteiger charge is -2.71. The van der Waals surface area contributed by atoms with Gasteiger partial charge >= 0.3 is 5.97 Å². The third-order valence-electron chi connectivity index (χ3n) is 16.7. The van der Waals surface area contributed by atoms with E-state index in [9.17, 15) is 45.6 Å². The first kappa shape index (κ1) is 40.7. The van der Waals surface area contributed by atoms with Crippen molar-refractivity contribution in [3.05, 3.63) is 23.8 Å². The summed E-state index contributed by atoms with van der Waals surface area (Å²) in [5.41, 5.74) is 0.328. The SMILES string of the molecule is C=C1CCC2(C(=O)O)CCC3(C)C(=CCC4C5(C)CC(O)C(OC6OC(CO)C(O)C(OC7OCC(O)C(O)C7O)C6O)C(C)(C)C5CCC43C)C2C1C. The van der Waals surface area contributed by atoms with Crippen molar-refractivity contribution in [1.29, 1.82) is 0 Å². The topological polar surface area (TPSA) is 216 Å². The number of carboxylic acids is 1. The highest BCUT2D eigenvalue weighted by molar-refractivity contribution is 5.77. The van der Waals surface area contributed by atoms with Crippen LogP contribution >= 0.6 is 0 Å². The van der Waals surface area contributed by atoms with Crippen LogP contribution in [0.3, 0.4) is 0 Å². The molecule has 0 bridgehead atoms. The molecular weight excluding hydrogens is 700 g/mol. The van der Waals surface area contributed by atoms with Crippen molar-refractivity contribution in [2.24, 2.45) is 50.7 Å². The fraction of sp³-hybridized carbons (Fsp3) is 0.878. The van der Waals surface area contributed by atoms with Gasteiger partial charge in [0, 0.05) is 5.92 Å². The highest BCUT2D eigenvalue weighted by Gasteiger charge is 2.70. The minimum Gasteiger partial charge on any atom is -0.481 e. The van der Waals surface area contributed by atoms with E-state index in [0.717, 1.165) is 37.7 Å². The lowest BCUT2D eigenvalue weighted by molar-refractivity contribution is -0.367. The Morgan fingerprint density at radius 3 is 2.26 bits per heavy atom. The first-order valence-corrected chi connectivity index (χ1v) is 20.1. The van der Waals surface area contributed by atoms with E-state index in [4.69, 9.17) is 18.9 Å². The predicted molar refractivity (Wildman–Crippen MR) is 193 cm³/mol. The van der Waals surface area contributed by atoms with Gasteiger partial charge in [-0.3, -0.25) is 4.79 Å². The van der Waals surface area contributed by atoms with Gasteiger partial charge in [-0.25, -0.2) is 0 Å². The minimum atomic E-state index is -1.68. The number of allylic oxidation sites excluding steroid dienone is 3. The number of aliphatic hydroxyl groups excluding tert-OH is 7. The summed E-state index contributed by atoms with van der Waals surface area (Å²) in [6, 6.07) is 0. The second-order valence-corrected chi connectivity index (χ2v) is 19.4. The van der Waals surface area contributed by atoms with Gasteiger partial charge in [0.05, 0.1) is 30.8 Å². The summed E-state index contributed by atoms with van der Waals surface area (Å²) in [5, 5.41) is 86.0. The molecule has 0 aromatic rings. The molecule has 4 saturated carbocycles. The van der Waals surface area contributed by atoms with E-state index in [1.807, 2.05) is 0 Å². The Morgan fingerprint density at radius 1 is 0.889 bits per heavy atom. The van der Waals surface area contributed by atoms with Crippen LogP contribution in [0.15, 0.2) is 23.8 Å². The van der Waals surface area contributed by atoms with Crippen LogP contribution in [0.4, 0.5) is 0 Å². The molecule has 0 amide bonds. The van der Waals surface area contributed by atoms with Crippen LogP contribution in [0.2, 0.25) is 0 Å². The van der Waals surface area contributed by atoms with Gasteiger partial charge in [-0.15, -0.1) is 0 Å². The molecule has 19 unspecified atom stereocenters. The Hall–Kier alpha value is -1.49. The predicted octanol–water partition coefficient (Wildman–Crippen LogP) is 2.27. The Labute approximate surface area is 318 Å². The zero-order chi connectivity index (χ0) is 39.5. The molecule has 13 heteroatoms. The molecule has 2 heterocycles. The normalized spacial score (nSPS) is 54.4. The number of aliphatic hydroxyl groups is 7. The van der Waals surface area contributed by atoms with Crippen LogP contribution in [0.1, 0.15) is 92.9 Å². The number of fused-ring (bicyclic) bond motifs is 7. The lowest BCUT2D eigenvalue weighted by atomic mass is 9.33. The molecule has 0 radical (unpaired) electrons. The number of hydrogen-bond acceptors (Lipinski definition) is 12. The molecule has 2 aliphatic heterocycles. The minimum absolute atomic E-state index is 0.0785. The molecule has 54 heavy (non-hydrogen) atoms. The molecule has 7 rings (SSSR count). The Bertz CT molecular complexity index is 1500. The highest BCUT2D eigenvalue weighted by atomic mass is 16.7. The third-order valence-corrected chi connectivity index (χ3v) is 16.7. The first-order valence-electron chi connectivity index (χ1n) is 20.1. The van der Waals surface area contributed by atoms with Crippen LogP contribution in [-0.4, -0.2) is 128 Å². The number of carboxylic acid groups (broad SMARTS) is 1. The first-order chi connectivity index (χ1) is 25.2. The molecule has 2 saturated heterocycles. The zero-order valence-electron chi connectivity index (χ0n) is 32.6. The number of aliphatic carboxylic acids is 1. The summed E-state index contributed by atoms with van der Waals surface area (Å²) in [4.78, 5) is 13.1. The second kappa shape index (κ2) is 13.8. The van der Waals surface area contributed by atoms with Crippen molar-refractivity contribution in [3.63, 3.8) is 0 Å². The number of carbonyl (C=O) groups is 1. The van der Waals surface area contributed by atoms with Crippen molar-refractivity contribution in [3.8, 4) is 0 Å². The molecule has 0 spiro atoms. The standard InChI is InChI=1S/C41H64O13/c1-19-10-13-41(36(49)50)15-14-39(6)21(27(41)20(19)2)8-9-26-38(5)16-22(43)33(37(3,4)25(38)11-12-40(26,39)7)54-35-31(48)32(29(46)24(17-42)52-35)53-34-30(47)28(45)23(44)18-51-34/h8,20,22-35,42-48H,1,9-18H2,2-7H3,(H,49,50). The van der Waals surface area contributed by atoms with Crippen molar-refractivity contribution >= 4 is 5.97 Å². The average molecular weight is 765 g/mol. The Kier molecular flexibility index (Phi) is 10.4. The molecule has 5 aliphatic carbocycles. The molecule has 306 valence electrons. The molecule has 8 N–H and O–H groups in total. The van der Waals surface area contributed by atoms with Crippen molar-refractivity contribution < 1.29 is 64.6 Å². The Balaban J connectivity index is 1.15. The summed E-state index contributed by atoms with van der Waals surface area (Å²) in [6.45, 7) is 16.8. The number of hydrogen-bond donors (Lipinski definition) is 8. The van der Waals surface area contributed by atoms with Crippen molar-refractivity contribution in [2.75, 3.05) is 13.2 Å². The van der Waals surface area contributed by atoms with E-state index in [0.29, 0.717) is 19.3 Å². The van der Waals surface area contributed by atoms with E-state index in [1.165, 1.54) is 5.57 Å². The maximum atomic E-state index is 13.1. The average Bonchev–Trinajstić information content (AvgIpc) is 3.10. The molecule has 0 aromatic carbocycles. The molecular formula is C41H64O13. The van der Waals surface area contributed by atoms with Gasteiger partial charge in [-0.05, 0) is 90.8 Å². The Morgan fingerprint density at radius 2 is 1.59 bits per heavy atom. The van der Waals surface area contributed by atoms with Gasteiger partial charge in [-0.1, -0.05) is 65.3 Å². The summed E-state index contributed by atoms with van der Waals surface area (Å²) in [5.74, 6) is -0.411. The molecule has 19 atom stereocenters. The van der Waals surface area contributed by atoms with E-state index in [-0.39, 0.29) is 46.5 Å². The van der Waals surface area contributed by atoms with Gasteiger partial charge in [0.15, 0.2) is 12.6 Å². The van der Waals surface area contributed by atoms with Gasteiger partial charge in [0.1, 0.15) is 42.7 Å². The maximum Gasteiger partial charge on any atom is 0.310 e. The fourth-order valence-electron chi connectivity index (χ4n) is 13.5. The van der Waals surface area contributed by atoms with Gasteiger partial charge in [-0.2, -0.15) is 0 Å². The largest absolute Gasteiger partial charge is 0.481 e. The fourth-order valence-corrected chi connectivity index (χ4v) is 13.5. The maximum absolute atomic E-state index is 13.1. The van der Waals surface area contributed by atoms with Crippen LogP contribution < -0.4 is 0 Å². The van der Waals surface area contributed by atoms with Crippen LogP contribution in [0.25, 0.3) is 0 Å². The smallest absolute Gasteiger partial charge is 0.310 e. The summed E-state index contributed by atoms with van der Waals surface area (Å²) >= 11 is 0. The van der Waals surface area contributed by atoms with Crippen LogP contribution in [0.5, 0.6) is 0 Å². The van der Waals surface area contributed by atoms with Crippen LogP contribution in [0, 0.1) is 50.7 Å². The highest BCUT2D eigenvalue weighted by Crippen LogP contribution is 2.76. The number of ether oxygens (including phenoxy) is 4. The van der Waals surface area contributed by atoms with Crippen LogP contribution in [-0.2, 0) is 23.7 Å². The van der Waals surface area contributed by atoms with E-state index >= 15 is 0 Å². The quantitative estimate of drug-likeness (QED) is 0.144. The van der Waals surface area contributed by atoms with E-state index in [1.54, 1.807) is 0 Å². The zero-order valence-corrected chi connectivity index (χ0v) is 32.6. The summed E-state index contributed by atoms with van der Waals surface area (Å²) in [7, 11) is 0.